The molecule has 3 nitrogen and oxygen atoms in total. The lowest BCUT2D eigenvalue weighted by atomic mass is 9.86. The van der Waals surface area contributed by atoms with Gasteiger partial charge in [0, 0.05) is 17.5 Å². The number of esters is 1. The predicted octanol–water partition coefficient (Wildman–Crippen LogP) is 2.90. The molecule has 0 aliphatic carbocycles. The molecule has 1 aliphatic heterocycles. The van der Waals surface area contributed by atoms with Gasteiger partial charge in [0.05, 0.1) is 7.11 Å². The summed E-state index contributed by atoms with van der Waals surface area (Å²) in [6.07, 6.45) is 0. The van der Waals surface area contributed by atoms with Crippen molar-refractivity contribution < 1.29 is 9.53 Å². The number of benzene rings is 1. The molecule has 1 aromatic rings. The standard InChI is InChI=1S/C16H23NO2S/c1-16(2,3)12-7-5-11(6-8-12)13-9-20-10-14(17-13)15(18)19-4/h5-8,13-14,17H,9-10H2,1-4H3. The van der Waals surface area contributed by atoms with Crippen molar-refractivity contribution in [3.63, 3.8) is 0 Å². The molecule has 0 amide bonds. The Balaban J connectivity index is 2.09. The van der Waals surface area contributed by atoms with Gasteiger partial charge in [-0.05, 0) is 16.5 Å². The second-order valence-corrected chi connectivity index (χ2v) is 7.28. The summed E-state index contributed by atoms with van der Waals surface area (Å²) in [4.78, 5) is 11.6. The summed E-state index contributed by atoms with van der Waals surface area (Å²) in [6.45, 7) is 6.64. The molecule has 1 aromatic carbocycles. The van der Waals surface area contributed by atoms with Crippen LogP contribution in [-0.4, -0.2) is 30.6 Å². The molecule has 1 saturated heterocycles. The van der Waals surface area contributed by atoms with E-state index in [9.17, 15) is 4.79 Å². The van der Waals surface area contributed by atoms with Gasteiger partial charge in [0.25, 0.3) is 0 Å². The van der Waals surface area contributed by atoms with Crippen LogP contribution in [0.5, 0.6) is 0 Å². The van der Waals surface area contributed by atoms with Gasteiger partial charge in [-0.2, -0.15) is 11.8 Å². The number of rotatable bonds is 2. The van der Waals surface area contributed by atoms with Crippen molar-refractivity contribution in [1.82, 2.24) is 5.32 Å². The number of nitrogens with one attached hydrogen (secondary N) is 1. The molecule has 1 heterocycles. The van der Waals surface area contributed by atoms with E-state index in [4.69, 9.17) is 4.74 Å². The van der Waals surface area contributed by atoms with Crippen molar-refractivity contribution in [1.29, 1.82) is 0 Å². The lowest BCUT2D eigenvalue weighted by Crippen LogP contribution is -2.45. The molecule has 4 heteroatoms. The van der Waals surface area contributed by atoms with Crippen molar-refractivity contribution >= 4 is 17.7 Å². The molecule has 0 radical (unpaired) electrons. The molecular weight excluding hydrogens is 270 g/mol. The molecule has 0 bridgehead atoms. The molecular formula is C16H23NO2S. The molecule has 20 heavy (non-hydrogen) atoms. The number of hydrogen-bond donors (Lipinski definition) is 1. The SMILES string of the molecule is COC(=O)C1CSCC(c2ccc(C(C)(C)C)cc2)N1. The molecule has 1 N–H and O–H groups in total. The Kier molecular flexibility index (Phi) is 4.76. The lowest BCUT2D eigenvalue weighted by Gasteiger charge is -2.29. The van der Waals surface area contributed by atoms with Crippen LogP contribution in [0.25, 0.3) is 0 Å². The van der Waals surface area contributed by atoms with Gasteiger partial charge in [0.1, 0.15) is 6.04 Å². The number of carbonyl (C=O) groups excluding carboxylic acids is 1. The topological polar surface area (TPSA) is 38.3 Å². The summed E-state index contributed by atoms with van der Waals surface area (Å²) < 4.78 is 4.82. The van der Waals surface area contributed by atoms with Crippen molar-refractivity contribution in [3.05, 3.63) is 35.4 Å². The van der Waals surface area contributed by atoms with E-state index in [1.807, 2.05) is 0 Å². The van der Waals surface area contributed by atoms with Crippen molar-refractivity contribution in [2.75, 3.05) is 18.6 Å². The molecule has 2 unspecified atom stereocenters. The van der Waals surface area contributed by atoms with Gasteiger partial charge in [-0.1, -0.05) is 45.0 Å². The van der Waals surface area contributed by atoms with E-state index in [0.29, 0.717) is 0 Å². The lowest BCUT2D eigenvalue weighted by molar-refractivity contribution is -0.142. The first-order valence-electron chi connectivity index (χ1n) is 6.94. The van der Waals surface area contributed by atoms with Crippen molar-refractivity contribution in [3.8, 4) is 0 Å². The molecule has 1 fully saturated rings. The van der Waals surface area contributed by atoms with Crippen LogP contribution in [0.1, 0.15) is 37.9 Å². The zero-order valence-corrected chi connectivity index (χ0v) is 13.4. The molecule has 0 saturated carbocycles. The normalized spacial score (nSPS) is 23.4. The number of thioether (sulfide) groups is 1. The first kappa shape index (κ1) is 15.4. The van der Waals surface area contributed by atoms with Gasteiger partial charge in [0.2, 0.25) is 0 Å². The largest absolute Gasteiger partial charge is 0.468 e. The fourth-order valence-electron chi connectivity index (χ4n) is 2.33. The maximum Gasteiger partial charge on any atom is 0.323 e. The third kappa shape index (κ3) is 3.55. The fraction of sp³-hybridized carbons (Fsp3) is 0.562. The van der Waals surface area contributed by atoms with Crippen molar-refractivity contribution in [2.45, 2.75) is 38.3 Å². The highest BCUT2D eigenvalue weighted by molar-refractivity contribution is 7.99. The van der Waals surface area contributed by atoms with E-state index in [2.05, 4.69) is 50.4 Å². The summed E-state index contributed by atoms with van der Waals surface area (Å²) in [6, 6.07) is 8.71. The summed E-state index contributed by atoms with van der Waals surface area (Å²) in [7, 11) is 1.44. The van der Waals surface area contributed by atoms with E-state index in [1.165, 1.54) is 18.2 Å². The number of methoxy groups -OCH3 is 1. The van der Waals surface area contributed by atoms with E-state index in [1.54, 1.807) is 11.8 Å². The zero-order valence-electron chi connectivity index (χ0n) is 12.6. The fourth-order valence-corrected chi connectivity index (χ4v) is 3.46. The number of carbonyl (C=O) groups is 1. The van der Waals surface area contributed by atoms with Crippen LogP contribution in [-0.2, 0) is 14.9 Å². The average Bonchev–Trinajstić information content (AvgIpc) is 2.46. The van der Waals surface area contributed by atoms with Crippen LogP contribution in [0.15, 0.2) is 24.3 Å². The second kappa shape index (κ2) is 6.19. The van der Waals surface area contributed by atoms with Crippen LogP contribution < -0.4 is 5.32 Å². The minimum absolute atomic E-state index is 0.168. The van der Waals surface area contributed by atoms with Gasteiger partial charge in [-0.15, -0.1) is 0 Å². The number of ether oxygens (including phenoxy) is 1. The van der Waals surface area contributed by atoms with Crippen LogP contribution in [0.3, 0.4) is 0 Å². The van der Waals surface area contributed by atoms with Gasteiger partial charge >= 0.3 is 5.97 Å². The second-order valence-electron chi connectivity index (χ2n) is 6.20. The molecule has 0 aromatic heterocycles. The van der Waals surface area contributed by atoms with Crippen LogP contribution >= 0.6 is 11.8 Å². The first-order chi connectivity index (χ1) is 9.41. The highest BCUT2D eigenvalue weighted by atomic mass is 32.2. The minimum Gasteiger partial charge on any atom is -0.468 e. The molecule has 1 aliphatic rings. The maximum absolute atomic E-state index is 11.6. The molecule has 2 atom stereocenters. The van der Waals surface area contributed by atoms with Gasteiger partial charge in [-0.25, -0.2) is 0 Å². The average molecular weight is 293 g/mol. The Morgan fingerprint density at radius 1 is 1.25 bits per heavy atom. The zero-order chi connectivity index (χ0) is 14.8. The highest BCUT2D eigenvalue weighted by Crippen LogP contribution is 2.28. The van der Waals surface area contributed by atoms with E-state index in [0.717, 1.165) is 11.5 Å². The van der Waals surface area contributed by atoms with E-state index < -0.39 is 0 Å². The molecule has 110 valence electrons. The molecule has 2 rings (SSSR count). The maximum atomic E-state index is 11.6. The van der Waals surface area contributed by atoms with E-state index >= 15 is 0 Å². The Hall–Kier alpha value is -1.00. The third-order valence-electron chi connectivity index (χ3n) is 3.64. The minimum atomic E-state index is -0.203. The smallest absolute Gasteiger partial charge is 0.323 e. The Bertz CT molecular complexity index is 464. The van der Waals surface area contributed by atoms with Crippen LogP contribution in [0.4, 0.5) is 0 Å². The quantitative estimate of drug-likeness (QED) is 0.851. The third-order valence-corrected chi connectivity index (χ3v) is 4.77. The number of hydrogen-bond acceptors (Lipinski definition) is 4. The Morgan fingerprint density at radius 2 is 1.90 bits per heavy atom. The highest BCUT2D eigenvalue weighted by Gasteiger charge is 2.28. The van der Waals surface area contributed by atoms with Crippen LogP contribution in [0.2, 0.25) is 0 Å². The first-order valence-corrected chi connectivity index (χ1v) is 8.09. The van der Waals surface area contributed by atoms with Gasteiger partial charge in [-0.3, -0.25) is 10.1 Å². The van der Waals surface area contributed by atoms with Gasteiger partial charge in [0.15, 0.2) is 0 Å². The predicted molar refractivity (Wildman–Crippen MR) is 84.1 cm³/mol. The van der Waals surface area contributed by atoms with Crippen LogP contribution in [0, 0.1) is 0 Å². The Labute approximate surface area is 125 Å². The summed E-state index contributed by atoms with van der Waals surface area (Å²) >= 11 is 1.80. The molecule has 0 spiro atoms. The summed E-state index contributed by atoms with van der Waals surface area (Å²) in [5, 5.41) is 3.38. The summed E-state index contributed by atoms with van der Waals surface area (Å²) in [5.41, 5.74) is 2.73. The van der Waals surface area contributed by atoms with E-state index in [-0.39, 0.29) is 23.5 Å². The van der Waals surface area contributed by atoms with Gasteiger partial charge < -0.3 is 4.74 Å². The summed E-state index contributed by atoms with van der Waals surface area (Å²) in [5.74, 6) is 1.60. The van der Waals surface area contributed by atoms with Crippen molar-refractivity contribution in [2.24, 2.45) is 0 Å². The Morgan fingerprint density at radius 3 is 2.45 bits per heavy atom. The monoisotopic (exact) mass is 293 g/mol.